The highest BCUT2D eigenvalue weighted by atomic mass is 32.1. The fourth-order valence-electron chi connectivity index (χ4n) is 2.44. The molecule has 0 atom stereocenters. The molecule has 4 aromatic rings. The van der Waals surface area contributed by atoms with E-state index < -0.39 is 10.8 Å². The number of hydrogen-bond acceptors (Lipinski definition) is 8. The molecule has 0 fully saturated rings. The Kier molecular flexibility index (Phi) is 4.30. The molecule has 27 heavy (non-hydrogen) atoms. The Bertz CT molecular complexity index is 1160. The molecule has 4 rings (SSSR count). The summed E-state index contributed by atoms with van der Waals surface area (Å²) < 4.78 is 6.91. The van der Waals surface area contributed by atoms with Gasteiger partial charge >= 0.3 is 5.00 Å². The average molecular weight is 401 g/mol. The summed E-state index contributed by atoms with van der Waals surface area (Å²) in [6.45, 7) is 0. The number of methoxy groups -OCH3 is 1. The second kappa shape index (κ2) is 6.78. The number of ether oxygens (including phenoxy) is 1. The topological polar surface area (TPSA) is 112 Å². The lowest BCUT2D eigenvalue weighted by Gasteiger charge is -2.01. The molecule has 11 heteroatoms. The van der Waals surface area contributed by atoms with Crippen LogP contribution in [0.4, 0.5) is 10.1 Å². The van der Waals surface area contributed by atoms with Crippen molar-refractivity contribution in [2.75, 3.05) is 12.4 Å². The maximum absolute atomic E-state index is 12.5. The third kappa shape index (κ3) is 3.25. The third-order valence-electron chi connectivity index (χ3n) is 3.70. The molecule has 1 amide bonds. The van der Waals surface area contributed by atoms with Gasteiger partial charge in [0.15, 0.2) is 10.1 Å². The summed E-state index contributed by atoms with van der Waals surface area (Å²) in [5, 5.41) is 15.0. The Morgan fingerprint density at radius 2 is 2.26 bits per heavy atom. The first-order valence-corrected chi connectivity index (χ1v) is 9.27. The quantitative estimate of drug-likeness (QED) is 0.403. The summed E-state index contributed by atoms with van der Waals surface area (Å²) in [5.41, 5.74) is 1.95. The number of nitrogens with zero attached hydrogens (tertiary/aromatic N) is 4. The Morgan fingerprint density at radius 1 is 1.41 bits per heavy atom. The number of benzene rings is 1. The number of aromatic nitrogens is 3. The van der Waals surface area contributed by atoms with E-state index in [-0.39, 0.29) is 10.1 Å². The highest BCUT2D eigenvalue weighted by Gasteiger charge is 2.18. The number of nitro groups is 1. The van der Waals surface area contributed by atoms with Gasteiger partial charge in [-0.1, -0.05) is 12.1 Å². The smallest absolute Gasteiger partial charge is 0.345 e. The van der Waals surface area contributed by atoms with Crippen molar-refractivity contribution in [2.24, 2.45) is 0 Å². The maximum atomic E-state index is 12.5. The molecule has 1 N–H and O–H groups in total. The first kappa shape index (κ1) is 17.1. The molecule has 0 aliphatic heterocycles. The van der Waals surface area contributed by atoms with Crippen molar-refractivity contribution in [3.63, 3.8) is 0 Å². The van der Waals surface area contributed by atoms with Crippen molar-refractivity contribution >= 4 is 43.7 Å². The Morgan fingerprint density at radius 3 is 3.00 bits per heavy atom. The van der Waals surface area contributed by atoms with Gasteiger partial charge in [-0.2, -0.15) is 0 Å². The lowest BCUT2D eigenvalue weighted by molar-refractivity contribution is -0.380. The summed E-state index contributed by atoms with van der Waals surface area (Å²) >= 11 is 2.12. The van der Waals surface area contributed by atoms with Crippen LogP contribution in [-0.4, -0.2) is 32.3 Å². The van der Waals surface area contributed by atoms with Gasteiger partial charge in [-0.3, -0.25) is 24.6 Å². The highest BCUT2D eigenvalue weighted by Crippen LogP contribution is 2.28. The van der Waals surface area contributed by atoms with Crippen LogP contribution < -0.4 is 10.1 Å². The van der Waals surface area contributed by atoms with Crippen LogP contribution in [0.3, 0.4) is 0 Å². The molecule has 0 spiro atoms. The summed E-state index contributed by atoms with van der Waals surface area (Å²) in [5.74, 6) is 0.298. The van der Waals surface area contributed by atoms with Crippen molar-refractivity contribution in [1.82, 2.24) is 14.4 Å². The van der Waals surface area contributed by atoms with Crippen LogP contribution >= 0.6 is 22.7 Å². The Labute approximate surface area is 160 Å². The zero-order valence-electron chi connectivity index (χ0n) is 13.8. The normalized spacial score (nSPS) is 10.9. The molecule has 0 radical (unpaired) electrons. The van der Waals surface area contributed by atoms with E-state index in [0.717, 1.165) is 23.1 Å². The van der Waals surface area contributed by atoms with Gasteiger partial charge < -0.3 is 4.74 Å². The molecule has 0 aliphatic carbocycles. The maximum Gasteiger partial charge on any atom is 0.345 e. The van der Waals surface area contributed by atoms with Gasteiger partial charge in [0.1, 0.15) is 17.6 Å². The molecule has 3 heterocycles. The third-order valence-corrected chi connectivity index (χ3v) is 5.41. The fourth-order valence-corrected chi connectivity index (χ4v) is 3.92. The lowest BCUT2D eigenvalue weighted by atomic mass is 10.1. The number of carbonyl (C=O) groups is 1. The SMILES string of the molecule is COc1cccc(-c2cn3c(C(=O)Nc4ncc([N+](=O)[O-])s4)csc3n2)c1. The summed E-state index contributed by atoms with van der Waals surface area (Å²) in [6, 6.07) is 7.48. The van der Waals surface area contributed by atoms with Gasteiger partial charge in [0, 0.05) is 17.1 Å². The van der Waals surface area contributed by atoms with Crippen LogP contribution in [-0.2, 0) is 0 Å². The van der Waals surface area contributed by atoms with Crippen LogP contribution in [0.25, 0.3) is 16.2 Å². The van der Waals surface area contributed by atoms with E-state index in [4.69, 9.17) is 4.74 Å². The molecular formula is C16H11N5O4S2. The van der Waals surface area contributed by atoms with E-state index in [0.29, 0.717) is 22.1 Å². The number of anilines is 1. The van der Waals surface area contributed by atoms with E-state index in [1.807, 2.05) is 24.3 Å². The zero-order valence-corrected chi connectivity index (χ0v) is 15.4. The molecule has 136 valence electrons. The zero-order chi connectivity index (χ0) is 19.0. The number of carbonyl (C=O) groups excluding carboxylic acids is 1. The number of hydrogen-bond donors (Lipinski definition) is 1. The number of nitrogens with one attached hydrogen (secondary N) is 1. The second-order valence-electron chi connectivity index (χ2n) is 5.35. The van der Waals surface area contributed by atoms with Gasteiger partial charge in [-0.05, 0) is 23.5 Å². The second-order valence-corrected chi connectivity index (χ2v) is 7.19. The lowest BCUT2D eigenvalue weighted by Crippen LogP contribution is -2.13. The first-order chi connectivity index (χ1) is 13.0. The summed E-state index contributed by atoms with van der Waals surface area (Å²) in [4.78, 5) is 31.8. The average Bonchev–Trinajstić information content (AvgIpc) is 3.36. The Balaban J connectivity index is 1.63. The van der Waals surface area contributed by atoms with Gasteiger partial charge in [0.05, 0.1) is 17.7 Å². The monoisotopic (exact) mass is 401 g/mol. The molecule has 1 aromatic carbocycles. The van der Waals surface area contributed by atoms with Crippen LogP contribution in [0.5, 0.6) is 5.75 Å². The number of rotatable bonds is 5. The number of thiazole rings is 2. The predicted molar refractivity (Wildman–Crippen MR) is 102 cm³/mol. The highest BCUT2D eigenvalue weighted by molar-refractivity contribution is 7.18. The molecular weight excluding hydrogens is 390 g/mol. The standard InChI is InChI=1S/C16H11N5O4S2/c1-25-10-4-2-3-9(5-10)11-7-20-12(8-26-16(20)18-11)14(22)19-15-17-6-13(27-15)21(23)24/h2-8H,1H3,(H,17,19,22). The van der Waals surface area contributed by atoms with Crippen molar-refractivity contribution in [3.05, 3.63) is 57.8 Å². The van der Waals surface area contributed by atoms with Crippen LogP contribution in [0, 0.1) is 10.1 Å². The fraction of sp³-hybridized carbons (Fsp3) is 0.0625. The summed E-state index contributed by atoms with van der Waals surface area (Å²) in [6.07, 6.45) is 2.88. The summed E-state index contributed by atoms with van der Waals surface area (Å²) in [7, 11) is 1.59. The van der Waals surface area contributed by atoms with E-state index in [1.165, 1.54) is 11.3 Å². The molecule has 0 unspecified atom stereocenters. The minimum absolute atomic E-state index is 0.135. The molecule has 0 bridgehead atoms. The van der Waals surface area contributed by atoms with Crippen molar-refractivity contribution in [3.8, 4) is 17.0 Å². The van der Waals surface area contributed by atoms with E-state index in [2.05, 4.69) is 15.3 Å². The Hall–Kier alpha value is -3.31. The molecule has 9 nitrogen and oxygen atoms in total. The number of fused-ring (bicyclic) bond motifs is 1. The minimum atomic E-state index is -0.549. The van der Waals surface area contributed by atoms with E-state index in [1.54, 1.807) is 23.1 Å². The van der Waals surface area contributed by atoms with Crippen molar-refractivity contribution < 1.29 is 14.5 Å². The van der Waals surface area contributed by atoms with Crippen LogP contribution in [0.2, 0.25) is 0 Å². The van der Waals surface area contributed by atoms with Crippen LogP contribution in [0.15, 0.2) is 42.0 Å². The van der Waals surface area contributed by atoms with Gasteiger partial charge in [-0.25, -0.2) is 9.97 Å². The van der Waals surface area contributed by atoms with Gasteiger partial charge in [-0.15, -0.1) is 11.3 Å². The largest absolute Gasteiger partial charge is 0.497 e. The first-order valence-electron chi connectivity index (χ1n) is 7.58. The predicted octanol–water partition coefficient (Wildman–Crippen LogP) is 3.69. The molecule has 0 saturated heterocycles. The molecule has 0 aliphatic rings. The molecule has 3 aromatic heterocycles. The van der Waals surface area contributed by atoms with E-state index >= 15 is 0 Å². The van der Waals surface area contributed by atoms with Gasteiger partial charge in [0.25, 0.3) is 5.91 Å². The van der Waals surface area contributed by atoms with E-state index in [9.17, 15) is 14.9 Å². The molecule has 0 saturated carbocycles. The minimum Gasteiger partial charge on any atom is -0.497 e. The van der Waals surface area contributed by atoms with Gasteiger partial charge in [0.2, 0.25) is 0 Å². The number of imidazole rings is 1. The van der Waals surface area contributed by atoms with Crippen LogP contribution in [0.1, 0.15) is 10.5 Å². The van der Waals surface area contributed by atoms with Crippen molar-refractivity contribution in [2.45, 2.75) is 0 Å². The van der Waals surface area contributed by atoms with Crippen molar-refractivity contribution in [1.29, 1.82) is 0 Å². The number of amides is 1.